The molecule has 0 aliphatic carbocycles. The second-order valence-corrected chi connectivity index (χ2v) is 6.40. The van der Waals surface area contributed by atoms with Crippen LogP contribution in [-0.4, -0.2) is 45.1 Å². The number of aromatic amines is 1. The molecule has 0 atom stereocenters. The third kappa shape index (κ3) is 4.46. The highest BCUT2D eigenvalue weighted by Gasteiger charge is 2.15. The van der Waals surface area contributed by atoms with Crippen LogP contribution >= 0.6 is 0 Å². The molecule has 3 N–H and O–H groups in total. The monoisotopic (exact) mass is 382 g/mol. The molecule has 8 nitrogen and oxygen atoms in total. The summed E-state index contributed by atoms with van der Waals surface area (Å²) in [6.07, 6.45) is -0.373. The van der Waals surface area contributed by atoms with Gasteiger partial charge in [-0.2, -0.15) is 0 Å². The molecule has 1 aromatic carbocycles. The number of fused-ring (bicyclic) bond motifs is 1. The minimum absolute atomic E-state index is 0.118. The van der Waals surface area contributed by atoms with E-state index in [0.29, 0.717) is 18.2 Å². The number of aromatic nitrogens is 3. The molecule has 0 aliphatic heterocycles. The summed E-state index contributed by atoms with van der Waals surface area (Å²) in [6.45, 7) is 4.44. The van der Waals surface area contributed by atoms with Crippen LogP contribution in [0.2, 0.25) is 0 Å². The normalized spacial score (nSPS) is 10.8. The number of rotatable bonds is 8. The highest BCUT2D eigenvalue weighted by Crippen LogP contribution is 2.29. The molecule has 146 valence electrons. The van der Waals surface area contributed by atoms with Crippen molar-refractivity contribution in [2.24, 2.45) is 0 Å². The summed E-state index contributed by atoms with van der Waals surface area (Å²) in [5.74, 6) is -0.302. The Labute approximate surface area is 162 Å². The van der Waals surface area contributed by atoms with Gasteiger partial charge in [0, 0.05) is 11.3 Å². The summed E-state index contributed by atoms with van der Waals surface area (Å²) in [5.41, 5.74) is 3.70. The third-order valence-electron chi connectivity index (χ3n) is 4.38. The zero-order valence-corrected chi connectivity index (χ0v) is 15.8. The maximum absolute atomic E-state index is 11.5. The molecular weight excluding hydrogens is 360 g/mol. The van der Waals surface area contributed by atoms with Gasteiger partial charge in [0.15, 0.2) is 5.82 Å². The number of aryl methyl sites for hydroxylation is 2. The molecule has 3 aromatic rings. The number of nitrogens with zero attached hydrogens (tertiary/aromatic N) is 2. The number of esters is 1. The van der Waals surface area contributed by atoms with Gasteiger partial charge in [0.25, 0.3) is 0 Å². The van der Waals surface area contributed by atoms with Crippen LogP contribution in [0.3, 0.4) is 0 Å². The number of carboxylic acid groups (broad SMARTS) is 1. The van der Waals surface area contributed by atoms with Gasteiger partial charge in [0.2, 0.25) is 0 Å². The lowest BCUT2D eigenvalue weighted by atomic mass is 10.2. The van der Waals surface area contributed by atoms with Crippen molar-refractivity contribution in [1.82, 2.24) is 15.0 Å². The first kappa shape index (κ1) is 19.3. The quantitative estimate of drug-likeness (QED) is 0.405. The Kier molecular flexibility index (Phi) is 5.88. The molecule has 0 radical (unpaired) electrons. The topological polar surface area (TPSA) is 117 Å². The van der Waals surface area contributed by atoms with Crippen LogP contribution in [0.5, 0.6) is 0 Å². The number of carbonyl (C=O) groups is 2. The first-order valence-electron chi connectivity index (χ1n) is 8.99. The number of H-pyrrole nitrogens is 1. The fourth-order valence-electron chi connectivity index (χ4n) is 2.82. The van der Waals surface area contributed by atoms with E-state index < -0.39 is 11.9 Å². The van der Waals surface area contributed by atoms with E-state index in [4.69, 9.17) is 9.84 Å². The van der Waals surface area contributed by atoms with Gasteiger partial charge in [-0.05, 0) is 19.4 Å². The molecule has 0 aliphatic rings. The molecule has 0 fully saturated rings. The fraction of sp³-hybridized carbons (Fsp3) is 0.300. The van der Waals surface area contributed by atoms with E-state index in [1.165, 1.54) is 0 Å². The van der Waals surface area contributed by atoms with Crippen molar-refractivity contribution in [2.75, 3.05) is 18.5 Å². The van der Waals surface area contributed by atoms with Crippen LogP contribution in [0, 0.1) is 13.8 Å². The Morgan fingerprint density at radius 2 is 1.89 bits per heavy atom. The van der Waals surface area contributed by atoms with Crippen molar-refractivity contribution in [3.05, 3.63) is 41.6 Å². The highest BCUT2D eigenvalue weighted by atomic mass is 16.5. The predicted octanol–water partition coefficient (Wildman–Crippen LogP) is 3.06. The Morgan fingerprint density at radius 1 is 1.14 bits per heavy atom. The molecule has 3 rings (SSSR count). The number of ether oxygens (including phenoxy) is 1. The van der Waals surface area contributed by atoms with Gasteiger partial charge in [-0.15, -0.1) is 0 Å². The average Bonchev–Trinajstić information content (AvgIpc) is 2.98. The number of carbonyl (C=O) groups excluding carboxylic acids is 1. The number of nitrogens with one attached hydrogen (secondary N) is 2. The minimum Gasteiger partial charge on any atom is -0.481 e. The molecule has 0 saturated carbocycles. The van der Waals surface area contributed by atoms with Crippen LogP contribution in [0.25, 0.3) is 22.4 Å². The Bertz CT molecular complexity index is 998. The maximum Gasteiger partial charge on any atom is 0.306 e. The van der Waals surface area contributed by atoms with Gasteiger partial charge >= 0.3 is 11.9 Å². The van der Waals surface area contributed by atoms with Gasteiger partial charge in [0.1, 0.15) is 18.1 Å². The van der Waals surface area contributed by atoms with Crippen LogP contribution in [-0.2, 0) is 14.3 Å². The number of hydrogen-bond acceptors (Lipinski definition) is 6. The Hall–Kier alpha value is -3.42. The van der Waals surface area contributed by atoms with Crippen LogP contribution in [0.15, 0.2) is 30.3 Å². The standard InChI is InChI=1S/C20H22N4O4/c1-12-13(2)22-20-17(12)19(21-10-11-28-16(27)9-8-15(25)26)23-18(24-20)14-6-4-3-5-7-14/h3-7H,8-11H2,1-2H3,(H,25,26)(H2,21,22,23,24). The number of benzene rings is 1. The van der Waals surface area contributed by atoms with Crippen LogP contribution in [0.4, 0.5) is 5.82 Å². The predicted molar refractivity (Wildman–Crippen MR) is 105 cm³/mol. The third-order valence-corrected chi connectivity index (χ3v) is 4.38. The Morgan fingerprint density at radius 3 is 2.61 bits per heavy atom. The smallest absolute Gasteiger partial charge is 0.306 e. The first-order valence-corrected chi connectivity index (χ1v) is 8.99. The van der Waals surface area contributed by atoms with E-state index in [1.807, 2.05) is 44.2 Å². The molecule has 2 heterocycles. The zero-order chi connectivity index (χ0) is 20.1. The summed E-state index contributed by atoms with van der Waals surface area (Å²) in [7, 11) is 0. The fourth-order valence-corrected chi connectivity index (χ4v) is 2.82. The lowest BCUT2D eigenvalue weighted by Crippen LogP contribution is -2.15. The van der Waals surface area contributed by atoms with E-state index in [-0.39, 0.29) is 19.4 Å². The molecule has 8 heteroatoms. The number of carboxylic acids is 1. The van der Waals surface area contributed by atoms with Gasteiger partial charge in [-0.25, -0.2) is 9.97 Å². The average molecular weight is 382 g/mol. The second kappa shape index (κ2) is 8.51. The second-order valence-electron chi connectivity index (χ2n) is 6.40. The molecular formula is C20H22N4O4. The van der Waals surface area contributed by atoms with Crippen molar-refractivity contribution in [2.45, 2.75) is 26.7 Å². The molecule has 2 aromatic heterocycles. The summed E-state index contributed by atoms with van der Waals surface area (Å²) >= 11 is 0. The lowest BCUT2D eigenvalue weighted by Gasteiger charge is -2.10. The van der Waals surface area contributed by atoms with Crippen molar-refractivity contribution in [3.8, 4) is 11.4 Å². The number of anilines is 1. The summed E-state index contributed by atoms with van der Waals surface area (Å²) in [4.78, 5) is 34.6. The molecule has 0 unspecified atom stereocenters. The minimum atomic E-state index is -1.02. The number of aliphatic carboxylic acids is 1. The molecule has 0 saturated heterocycles. The SMILES string of the molecule is Cc1[nH]c2nc(-c3ccccc3)nc(NCCOC(=O)CCC(=O)O)c2c1C. The summed E-state index contributed by atoms with van der Waals surface area (Å²) in [6, 6.07) is 9.67. The largest absolute Gasteiger partial charge is 0.481 e. The molecule has 0 amide bonds. The highest BCUT2D eigenvalue weighted by molar-refractivity contribution is 5.92. The zero-order valence-electron chi connectivity index (χ0n) is 15.8. The van der Waals surface area contributed by atoms with Gasteiger partial charge in [-0.1, -0.05) is 30.3 Å². The van der Waals surface area contributed by atoms with E-state index >= 15 is 0 Å². The molecule has 0 bridgehead atoms. The van der Waals surface area contributed by atoms with E-state index in [1.54, 1.807) is 0 Å². The van der Waals surface area contributed by atoms with Gasteiger partial charge in [-0.3, -0.25) is 9.59 Å². The molecule has 0 spiro atoms. The Balaban J connectivity index is 1.76. The van der Waals surface area contributed by atoms with Gasteiger partial charge < -0.3 is 20.1 Å². The van der Waals surface area contributed by atoms with Gasteiger partial charge in [0.05, 0.1) is 24.8 Å². The maximum atomic E-state index is 11.5. The summed E-state index contributed by atoms with van der Waals surface area (Å²) in [5, 5.41) is 12.7. The van der Waals surface area contributed by atoms with Crippen molar-refractivity contribution < 1.29 is 19.4 Å². The molecule has 28 heavy (non-hydrogen) atoms. The number of hydrogen-bond donors (Lipinski definition) is 3. The van der Waals surface area contributed by atoms with Crippen molar-refractivity contribution in [1.29, 1.82) is 0 Å². The van der Waals surface area contributed by atoms with E-state index in [0.717, 1.165) is 27.9 Å². The van der Waals surface area contributed by atoms with Crippen LogP contribution < -0.4 is 5.32 Å². The van der Waals surface area contributed by atoms with Crippen molar-refractivity contribution >= 4 is 28.8 Å². The van der Waals surface area contributed by atoms with Crippen LogP contribution in [0.1, 0.15) is 24.1 Å². The lowest BCUT2D eigenvalue weighted by molar-refractivity contribution is -0.147. The summed E-state index contributed by atoms with van der Waals surface area (Å²) < 4.78 is 5.06. The van der Waals surface area contributed by atoms with E-state index in [9.17, 15) is 9.59 Å². The van der Waals surface area contributed by atoms with Crippen molar-refractivity contribution in [3.63, 3.8) is 0 Å². The first-order chi connectivity index (χ1) is 13.5. The van der Waals surface area contributed by atoms with E-state index in [2.05, 4.69) is 20.3 Å².